The molecule has 1 fully saturated rings. The van der Waals surface area contributed by atoms with Crippen LogP contribution in [0.15, 0.2) is 60.3 Å². The van der Waals surface area contributed by atoms with Crippen molar-refractivity contribution in [2.75, 3.05) is 0 Å². The summed E-state index contributed by atoms with van der Waals surface area (Å²) in [7, 11) is 0. The van der Waals surface area contributed by atoms with Crippen molar-refractivity contribution in [2.24, 2.45) is 0 Å². The van der Waals surface area contributed by atoms with Crippen molar-refractivity contribution in [3.8, 4) is 0 Å². The van der Waals surface area contributed by atoms with E-state index in [0.717, 1.165) is 10.5 Å². The summed E-state index contributed by atoms with van der Waals surface area (Å²) in [5.41, 5.74) is 0.770. The zero-order valence-electron chi connectivity index (χ0n) is 13.3. The van der Waals surface area contributed by atoms with Gasteiger partial charge in [0.2, 0.25) is 0 Å². The lowest BCUT2D eigenvalue weighted by Gasteiger charge is -2.20. The molecule has 1 aliphatic heterocycles. The predicted octanol–water partition coefficient (Wildman–Crippen LogP) is 4.75. The summed E-state index contributed by atoms with van der Waals surface area (Å²) in [6.45, 7) is 3.50. The van der Waals surface area contributed by atoms with E-state index < -0.39 is 17.6 Å². The van der Waals surface area contributed by atoms with Gasteiger partial charge in [-0.15, -0.1) is 0 Å². The SMILES string of the molecule is CC1(C)OC(=O)N(C(=O)c2ccccc2)/C1=C\c1cccc(Cl)c1. The van der Waals surface area contributed by atoms with E-state index in [1.54, 1.807) is 56.3 Å². The highest BCUT2D eigenvalue weighted by Gasteiger charge is 2.46. The third-order valence-corrected chi connectivity index (χ3v) is 3.99. The molecular weight excluding hydrogens is 326 g/mol. The fourth-order valence-electron chi connectivity index (χ4n) is 2.58. The summed E-state index contributed by atoms with van der Waals surface area (Å²) in [6, 6.07) is 15.8. The highest BCUT2D eigenvalue weighted by atomic mass is 35.5. The predicted molar refractivity (Wildman–Crippen MR) is 92.6 cm³/mol. The van der Waals surface area contributed by atoms with E-state index in [4.69, 9.17) is 16.3 Å². The van der Waals surface area contributed by atoms with Crippen molar-refractivity contribution in [1.29, 1.82) is 0 Å². The van der Waals surface area contributed by atoms with Gasteiger partial charge in [-0.25, -0.2) is 9.69 Å². The molecule has 0 radical (unpaired) electrons. The van der Waals surface area contributed by atoms with E-state index in [2.05, 4.69) is 0 Å². The highest BCUT2D eigenvalue weighted by Crippen LogP contribution is 2.35. The Morgan fingerprint density at radius 1 is 1.12 bits per heavy atom. The molecule has 1 aliphatic rings. The second kappa shape index (κ2) is 6.13. The molecule has 0 aliphatic carbocycles. The molecule has 0 saturated carbocycles. The number of rotatable bonds is 2. The van der Waals surface area contributed by atoms with Gasteiger partial charge in [0, 0.05) is 10.6 Å². The first-order valence-electron chi connectivity index (χ1n) is 7.49. The number of nitrogens with zero attached hydrogens (tertiary/aromatic N) is 1. The van der Waals surface area contributed by atoms with Gasteiger partial charge >= 0.3 is 6.09 Å². The molecule has 1 saturated heterocycles. The van der Waals surface area contributed by atoms with E-state index in [-0.39, 0.29) is 0 Å². The van der Waals surface area contributed by atoms with E-state index in [1.165, 1.54) is 0 Å². The van der Waals surface area contributed by atoms with Crippen LogP contribution in [0.4, 0.5) is 4.79 Å². The van der Waals surface area contributed by atoms with Crippen molar-refractivity contribution in [1.82, 2.24) is 4.90 Å². The maximum atomic E-state index is 12.8. The zero-order valence-corrected chi connectivity index (χ0v) is 14.1. The molecule has 24 heavy (non-hydrogen) atoms. The average Bonchev–Trinajstić information content (AvgIpc) is 2.76. The zero-order chi connectivity index (χ0) is 17.3. The molecule has 0 N–H and O–H groups in total. The number of carbonyl (C=O) groups is 2. The third-order valence-electron chi connectivity index (χ3n) is 3.76. The molecular formula is C19H16ClNO3. The molecule has 4 nitrogen and oxygen atoms in total. The van der Waals surface area contributed by atoms with Gasteiger partial charge in [0.05, 0.1) is 5.70 Å². The quantitative estimate of drug-likeness (QED) is 0.791. The van der Waals surface area contributed by atoms with Crippen molar-refractivity contribution in [3.63, 3.8) is 0 Å². The number of amides is 2. The minimum absolute atomic E-state index is 0.417. The summed E-state index contributed by atoms with van der Waals surface area (Å²) in [5.74, 6) is -0.417. The first kappa shape index (κ1) is 16.3. The second-order valence-corrected chi connectivity index (χ2v) is 6.41. The average molecular weight is 342 g/mol. The molecule has 1 heterocycles. The molecule has 2 aromatic rings. The van der Waals surface area contributed by atoms with Gasteiger partial charge in [-0.05, 0) is 49.8 Å². The molecule has 0 unspecified atom stereocenters. The molecule has 0 aromatic heterocycles. The Hall–Kier alpha value is -2.59. The minimum atomic E-state index is -0.913. The van der Waals surface area contributed by atoms with Crippen molar-refractivity contribution < 1.29 is 14.3 Å². The second-order valence-electron chi connectivity index (χ2n) is 5.97. The molecule has 122 valence electrons. The summed E-state index contributed by atoms with van der Waals surface area (Å²) < 4.78 is 5.38. The number of imide groups is 1. The smallest absolute Gasteiger partial charge is 0.422 e. The number of hydrogen-bond donors (Lipinski definition) is 0. The van der Waals surface area contributed by atoms with Crippen molar-refractivity contribution >= 4 is 29.7 Å². The lowest BCUT2D eigenvalue weighted by Crippen LogP contribution is -2.32. The normalized spacial score (nSPS) is 17.9. The summed E-state index contributed by atoms with van der Waals surface area (Å²) in [4.78, 5) is 26.1. The molecule has 0 spiro atoms. The largest absolute Gasteiger partial charge is 0.436 e. The maximum absolute atomic E-state index is 12.8. The van der Waals surface area contributed by atoms with Gasteiger partial charge < -0.3 is 4.74 Å². The topological polar surface area (TPSA) is 46.6 Å². The van der Waals surface area contributed by atoms with E-state index in [0.29, 0.717) is 16.3 Å². The van der Waals surface area contributed by atoms with Crippen LogP contribution in [0.25, 0.3) is 6.08 Å². The molecule has 3 rings (SSSR count). The Balaban J connectivity index is 2.06. The summed E-state index contributed by atoms with van der Waals surface area (Å²) in [5, 5.41) is 0.577. The van der Waals surface area contributed by atoms with Crippen LogP contribution in [-0.2, 0) is 4.74 Å². The molecule has 5 heteroatoms. The highest BCUT2D eigenvalue weighted by molar-refractivity contribution is 6.30. The maximum Gasteiger partial charge on any atom is 0.422 e. The van der Waals surface area contributed by atoms with E-state index in [9.17, 15) is 9.59 Å². The molecule has 0 bridgehead atoms. The van der Waals surface area contributed by atoms with Crippen molar-refractivity contribution in [3.05, 3.63) is 76.4 Å². The lowest BCUT2D eigenvalue weighted by molar-refractivity contribution is 0.0792. The fourth-order valence-corrected chi connectivity index (χ4v) is 2.78. The Kier molecular flexibility index (Phi) is 4.16. The van der Waals surface area contributed by atoms with Gasteiger partial charge in [0.1, 0.15) is 5.60 Å². The van der Waals surface area contributed by atoms with Crippen LogP contribution in [0.3, 0.4) is 0 Å². The van der Waals surface area contributed by atoms with E-state index in [1.807, 2.05) is 18.2 Å². The van der Waals surface area contributed by atoms with Gasteiger partial charge in [0.25, 0.3) is 5.91 Å². The van der Waals surface area contributed by atoms with Gasteiger partial charge in [0.15, 0.2) is 0 Å². The van der Waals surface area contributed by atoms with Crippen LogP contribution < -0.4 is 0 Å². The van der Waals surface area contributed by atoms with E-state index >= 15 is 0 Å². The van der Waals surface area contributed by atoms with Gasteiger partial charge in [-0.2, -0.15) is 0 Å². The minimum Gasteiger partial charge on any atom is -0.436 e. The van der Waals surface area contributed by atoms with Crippen molar-refractivity contribution in [2.45, 2.75) is 19.4 Å². The first-order valence-corrected chi connectivity index (χ1v) is 7.86. The molecule has 2 aromatic carbocycles. The number of carbonyl (C=O) groups excluding carboxylic acids is 2. The number of halogens is 1. The monoisotopic (exact) mass is 341 g/mol. The molecule has 2 amide bonds. The standard InChI is InChI=1S/C19H16ClNO3/c1-19(2)16(12-13-7-6-10-15(20)11-13)21(18(23)24-19)17(22)14-8-4-3-5-9-14/h3-12H,1-2H3/b16-12-. The lowest BCUT2D eigenvalue weighted by atomic mass is 10.0. The van der Waals surface area contributed by atoms with Gasteiger partial charge in [-0.3, -0.25) is 4.79 Å². The van der Waals surface area contributed by atoms with Crippen LogP contribution >= 0.6 is 11.6 Å². The Morgan fingerprint density at radius 2 is 1.83 bits per heavy atom. The van der Waals surface area contributed by atoms with Crippen LogP contribution in [0.5, 0.6) is 0 Å². The molecule has 0 atom stereocenters. The fraction of sp³-hybridized carbons (Fsp3) is 0.158. The number of ether oxygens (including phenoxy) is 1. The first-order chi connectivity index (χ1) is 11.4. The number of benzene rings is 2. The number of cyclic esters (lactones) is 1. The number of hydrogen-bond acceptors (Lipinski definition) is 3. The Labute approximate surface area is 145 Å². The van der Waals surface area contributed by atoms with Crippen LogP contribution in [-0.4, -0.2) is 22.5 Å². The summed E-state index contributed by atoms with van der Waals surface area (Å²) >= 11 is 6.02. The van der Waals surface area contributed by atoms with Crippen LogP contribution in [0.1, 0.15) is 29.8 Å². The van der Waals surface area contributed by atoms with Crippen LogP contribution in [0.2, 0.25) is 5.02 Å². The Morgan fingerprint density at radius 3 is 2.50 bits per heavy atom. The summed E-state index contributed by atoms with van der Waals surface area (Å²) in [6.07, 6.45) is 1.07. The van der Waals surface area contributed by atoms with Crippen LogP contribution in [0, 0.1) is 0 Å². The van der Waals surface area contributed by atoms with Gasteiger partial charge in [-0.1, -0.05) is 41.9 Å². The Bertz CT molecular complexity index is 828. The third kappa shape index (κ3) is 3.05.